The average molecular weight is 277 g/mol. The van der Waals surface area contributed by atoms with Crippen LogP contribution < -0.4 is 5.32 Å². The van der Waals surface area contributed by atoms with E-state index in [1.54, 1.807) is 0 Å². The molecule has 2 heteroatoms. The first-order chi connectivity index (χ1) is 9.35. The maximum Gasteiger partial charge on any atom is 0.0158 e. The van der Waals surface area contributed by atoms with Crippen LogP contribution in [0.5, 0.6) is 0 Å². The molecule has 0 aromatic heterocycles. The molecule has 1 aliphatic rings. The summed E-state index contributed by atoms with van der Waals surface area (Å²) in [4.78, 5) is 0. The first-order valence-corrected chi connectivity index (χ1v) is 9.04. The summed E-state index contributed by atoms with van der Waals surface area (Å²) < 4.78 is 0. The highest BCUT2D eigenvalue weighted by Gasteiger charge is 2.27. The fourth-order valence-corrected chi connectivity index (χ4v) is 3.95. The Kier molecular flexibility index (Phi) is 6.25. The number of benzene rings is 1. The van der Waals surface area contributed by atoms with Crippen LogP contribution in [0.25, 0.3) is 0 Å². The zero-order chi connectivity index (χ0) is 13.5. The molecule has 1 aromatic carbocycles. The Morgan fingerprint density at radius 1 is 1.21 bits per heavy atom. The predicted octanol–water partition coefficient (Wildman–Crippen LogP) is 4.44. The van der Waals surface area contributed by atoms with Gasteiger partial charge in [-0.25, -0.2) is 0 Å². The normalized spacial score (nSPS) is 25.2. The number of hydrogen-bond acceptors (Lipinski definition) is 2. The highest BCUT2D eigenvalue weighted by molar-refractivity contribution is 7.98. The van der Waals surface area contributed by atoms with Crippen molar-refractivity contribution < 1.29 is 0 Å². The Balaban J connectivity index is 2.03. The Bertz CT molecular complexity index is 352. The maximum atomic E-state index is 3.93. The van der Waals surface area contributed by atoms with Crippen LogP contribution in [0.15, 0.2) is 30.3 Å². The van der Waals surface area contributed by atoms with Gasteiger partial charge in [0, 0.05) is 17.8 Å². The van der Waals surface area contributed by atoms with E-state index in [1.165, 1.54) is 43.4 Å². The van der Waals surface area contributed by atoms with E-state index in [0.29, 0.717) is 18.0 Å². The van der Waals surface area contributed by atoms with Crippen molar-refractivity contribution in [3.8, 4) is 0 Å². The second kappa shape index (κ2) is 7.96. The van der Waals surface area contributed by atoms with Gasteiger partial charge in [-0.05, 0) is 37.0 Å². The second-order valence-electron chi connectivity index (χ2n) is 5.64. The van der Waals surface area contributed by atoms with E-state index in [2.05, 4.69) is 48.8 Å². The quantitative estimate of drug-likeness (QED) is 0.825. The largest absolute Gasteiger partial charge is 0.310 e. The van der Waals surface area contributed by atoms with Crippen molar-refractivity contribution in [3.63, 3.8) is 0 Å². The molecule has 106 valence electrons. The van der Waals surface area contributed by atoms with Gasteiger partial charge in [-0.15, -0.1) is 0 Å². The molecule has 1 saturated carbocycles. The lowest BCUT2D eigenvalue weighted by Crippen LogP contribution is -2.44. The lowest BCUT2D eigenvalue weighted by molar-refractivity contribution is 0.303. The van der Waals surface area contributed by atoms with Crippen molar-refractivity contribution in [1.82, 2.24) is 5.32 Å². The van der Waals surface area contributed by atoms with E-state index in [9.17, 15) is 0 Å². The molecular formula is C17H27NS. The molecule has 1 N–H and O–H groups in total. The van der Waals surface area contributed by atoms with Gasteiger partial charge in [0.05, 0.1) is 0 Å². The highest BCUT2D eigenvalue weighted by Crippen LogP contribution is 2.33. The summed E-state index contributed by atoms with van der Waals surface area (Å²) >= 11 is 1.96. The van der Waals surface area contributed by atoms with Crippen LogP contribution in [-0.4, -0.2) is 24.1 Å². The lowest BCUT2D eigenvalue weighted by Gasteiger charge is -2.35. The van der Waals surface area contributed by atoms with Gasteiger partial charge in [0.1, 0.15) is 0 Å². The van der Waals surface area contributed by atoms with Crippen molar-refractivity contribution in [2.24, 2.45) is 0 Å². The Morgan fingerprint density at radius 3 is 2.63 bits per heavy atom. The minimum atomic E-state index is 0.671. The summed E-state index contributed by atoms with van der Waals surface area (Å²) in [5, 5.41) is 3.93. The maximum absolute atomic E-state index is 3.93. The van der Waals surface area contributed by atoms with E-state index in [0.717, 1.165) is 0 Å². The summed E-state index contributed by atoms with van der Waals surface area (Å²) in [5.41, 5.74) is 1.53. The number of nitrogens with one attached hydrogen (secondary N) is 1. The van der Waals surface area contributed by atoms with Gasteiger partial charge in [0.25, 0.3) is 0 Å². The Labute approximate surface area is 122 Å². The third-order valence-corrected chi connectivity index (χ3v) is 5.04. The molecule has 1 aliphatic carbocycles. The van der Waals surface area contributed by atoms with Gasteiger partial charge in [0.15, 0.2) is 0 Å². The van der Waals surface area contributed by atoms with E-state index in [1.807, 2.05) is 11.8 Å². The standard InChI is InChI=1S/C17H27NS/c1-3-15(13-19-2)18-17-12-8-7-11-16(17)14-9-5-4-6-10-14/h4-6,9-10,15-18H,3,7-8,11-13H2,1-2H3. The van der Waals surface area contributed by atoms with Crippen molar-refractivity contribution in [3.05, 3.63) is 35.9 Å². The van der Waals surface area contributed by atoms with Crippen molar-refractivity contribution in [2.75, 3.05) is 12.0 Å². The zero-order valence-corrected chi connectivity index (χ0v) is 13.1. The lowest BCUT2D eigenvalue weighted by atomic mass is 9.79. The van der Waals surface area contributed by atoms with E-state index in [-0.39, 0.29) is 0 Å². The molecule has 3 atom stereocenters. The summed E-state index contributed by atoms with van der Waals surface area (Å²) in [6.07, 6.45) is 8.90. The molecule has 0 radical (unpaired) electrons. The average Bonchev–Trinajstić information content (AvgIpc) is 2.48. The molecule has 3 unspecified atom stereocenters. The van der Waals surface area contributed by atoms with Crippen molar-refractivity contribution >= 4 is 11.8 Å². The molecule has 1 fully saturated rings. The van der Waals surface area contributed by atoms with Gasteiger partial charge in [-0.3, -0.25) is 0 Å². The Morgan fingerprint density at radius 2 is 1.95 bits per heavy atom. The van der Waals surface area contributed by atoms with Crippen LogP contribution in [0.4, 0.5) is 0 Å². The molecule has 1 nitrogen and oxygen atoms in total. The molecule has 0 heterocycles. The summed E-state index contributed by atoms with van der Waals surface area (Å²) in [7, 11) is 0. The molecule has 19 heavy (non-hydrogen) atoms. The third kappa shape index (κ3) is 4.25. The monoisotopic (exact) mass is 277 g/mol. The van der Waals surface area contributed by atoms with E-state index in [4.69, 9.17) is 0 Å². The van der Waals surface area contributed by atoms with Crippen LogP contribution in [-0.2, 0) is 0 Å². The van der Waals surface area contributed by atoms with Gasteiger partial charge in [-0.1, -0.05) is 50.1 Å². The summed E-state index contributed by atoms with van der Waals surface area (Å²) in [5.74, 6) is 1.94. The molecule has 0 spiro atoms. The topological polar surface area (TPSA) is 12.0 Å². The van der Waals surface area contributed by atoms with Gasteiger partial charge in [0.2, 0.25) is 0 Å². The zero-order valence-electron chi connectivity index (χ0n) is 12.3. The van der Waals surface area contributed by atoms with Crippen molar-refractivity contribution in [2.45, 2.75) is 57.0 Å². The van der Waals surface area contributed by atoms with Crippen molar-refractivity contribution in [1.29, 1.82) is 0 Å². The summed E-state index contributed by atoms with van der Waals surface area (Å²) in [6, 6.07) is 12.4. The number of hydrogen-bond donors (Lipinski definition) is 1. The van der Waals surface area contributed by atoms with Gasteiger partial charge in [-0.2, -0.15) is 11.8 Å². The summed E-state index contributed by atoms with van der Waals surface area (Å²) in [6.45, 7) is 2.30. The van der Waals surface area contributed by atoms with Crippen LogP contribution in [0.2, 0.25) is 0 Å². The first kappa shape index (κ1) is 14.9. The minimum absolute atomic E-state index is 0.671. The molecular weight excluding hydrogens is 250 g/mol. The van der Waals surface area contributed by atoms with Crippen LogP contribution >= 0.6 is 11.8 Å². The number of rotatable bonds is 6. The molecule has 2 rings (SSSR count). The third-order valence-electron chi connectivity index (χ3n) is 4.30. The van der Waals surface area contributed by atoms with Crippen LogP contribution in [0.1, 0.15) is 50.5 Å². The van der Waals surface area contributed by atoms with Gasteiger partial charge < -0.3 is 5.32 Å². The molecule has 0 aliphatic heterocycles. The second-order valence-corrected chi connectivity index (χ2v) is 6.55. The van der Waals surface area contributed by atoms with Crippen LogP contribution in [0.3, 0.4) is 0 Å². The molecule has 0 saturated heterocycles. The predicted molar refractivity (Wildman–Crippen MR) is 87.0 cm³/mol. The molecule has 0 amide bonds. The van der Waals surface area contributed by atoms with Crippen LogP contribution in [0, 0.1) is 0 Å². The molecule has 1 aromatic rings. The van der Waals surface area contributed by atoms with E-state index >= 15 is 0 Å². The van der Waals surface area contributed by atoms with Gasteiger partial charge >= 0.3 is 0 Å². The smallest absolute Gasteiger partial charge is 0.0158 e. The fourth-order valence-electron chi connectivity index (χ4n) is 3.22. The molecule has 0 bridgehead atoms. The SMILES string of the molecule is CCC(CSC)NC1CCCCC1c1ccccc1. The number of thioether (sulfide) groups is 1. The minimum Gasteiger partial charge on any atom is -0.310 e. The van der Waals surface area contributed by atoms with E-state index < -0.39 is 0 Å². The fraction of sp³-hybridized carbons (Fsp3) is 0.647. The highest BCUT2D eigenvalue weighted by atomic mass is 32.2. The Hall–Kier alpha value is -0.470. The first-order valence-electron chi connectivity index (χ1n) is 7.65.